The van der Waals surface area contributed by atoms with Crippen molar-refractivity contribution in [3.05, 3.63) is 131 Å². The molecule has 0 atom stereocenters. The molecule has 210 valence electrons. The van der Waals surface area contributed by atoms with E-state index in [0.717, 1.165) is 70.5 Å². The third-order valence-corrected chi connectivity index (χ3v) is 8.18. The molecule has 0 N–H and O–H groups in total. The summed E-state index contributed by atoms with van der Waals surface area (Å²) >= 11 is 0. The Morgan fingerprint density at radius 2 is 0.738 bits per heavy atom. The number of hydrogen-bond donors (Lipinski definition) is 0. The Bertz CT molecular complexity index is 1520. The molecular formula is C38H36N2O2. The number of carbonyl (C=O) groups excluding carboxylic acids is 2. The number of hydrogen-bond acceptors (Lipinski definition) is 2. The largest absolute Gasteiger partial charge is 0.307 e. The second kappa shape index (κ2) is 12.0. The van der Waals surface area contributed by atoms with Crippen molar-refractivity contribution >= 4 is 23.2 Å². The lowest BCUT2D eigenvalue weighted by molar-refractivity contribution is -0.124. The Balaban J connectivity index is 1.48. The number of unbranched alkanes of at least 4 members (excludes halogenated alkanes) is 2. The summed E-state index contributed by atoms with van der Waals surface area (Å²) in [6.45, 7) is 5.42. The molecule has 0 aliphatic carbocycles. The van der Waals surface area contributed by atoms with Crippen LogP contribution in [0.1, 0.15) is 50.7 Å². The second-order valence-corrected chi connectivity index (χ2v) is 11.0. The molecule has 0 radical (unpaired) electrons. The topological polar surface area (TPSA) is 40.6 Å². The zero-order chi connectivity index (χ0) is 29.1. The van der Waals surface area contributed by atoms with Crippen molar-refractivity contribution in [2.24, 2.45) is 0 Å². The van der Waals surface area contributed by atoms with Gasteiger partial charge in [0, 0.05) is 13.1 Å². The Kier molecular flexibility index (Phi) is 7.87. The van der Waals surface area contributed by atoms with Crippen LogP contribution in [0.5, 0.6) is 0 Å². The van der Waals surface area contributed by atoms with Crippen molar-refractivity contribution in [1.29, 1.82) is 0 Å². The summed E-state index contributed by atoms with van der Waals surface area (Å²) in [7, 11) is 0. The van der Waals surface area contributed by atoms with Gasteiger partial charge in [0.05, 0.1) is 22.5 Å². The average Bonchev–Trinajstić information content (AvgIpc) is 3.50. The predicted molar refractivity (Wildman–Crippen MR) is 171 cm³/mol. The van der Waals surface area contributed by atoms with E-state index in [0.29, 0.717) is 24.2 Å². The molecule has 0 spiro atoms. The molecule has 4 aromatic rings. The van der Waals surface area contributed by atoms with E-state index in [1.807, 2.05) is 46.2 Å². The smallest absolute Gasteiger partial charge is 0.261 e. The molecule has 4 heteroatoms. The standard InChI is InChI=1S/C38H36N2O2/c1-3-5-25-39-35(31-21-17-29(18-22-31)27-13-9-7-10-14-27)33-34(37(39)41)36(40(38(33)42)26-6-4-2)32-23-19-30(20-24-32)28-15-11-8-12-16-28/h7-24H,3-6,25-26H2,1-2H3. The van der Waals surface area contributed by atoms with Crippen LogP contribution in [-0.2, 0) is 9.59 Å². The maximum atomic E-state index is 14.2. The Hall–Kier alpha value is -4.70. The SMILES string of the molecule is CCCCN1C(=O)C2=C(c3ccc(-c4ccccc4)cc3)N(CCCC)C(=O)C2=C1c1ccc(-c2ccccc2)cc1. The Labute approximate surface area is 248 Å². The fraction of sp³-hybridized carbons (Fsp3) is 0.211. The maximum Gasteiger partial charge on any atom is 0.261 e. The van der Waals surface area contributed by atoms with Crippen molar-refractivity contribution in [3.8, 4) is 22.3 Å². The van der Waals surface area contributed by atoms with Crippen molar-refractivity contribution < 1.29 is 9.59 Å². The van der Waals surface area contributed by atoms with E-state index in [4.69, 9.17) is 0 Å². The molecule has 0 aromatic heterocycles. The van der Waals surface area contributed by atoms with Gasteiger partial charge in [-0.15, -0.1) is 0 Å². The first kappa shape index (κ1) is 27.5. The fourth-order valence-corrected chi connectivity index (χ4v) is 5.96. The van der Waals surface area contributed by atoms with Gasteiger partial charge >= 0.3 is 0 Å². The lowest BCUT2D eigenvalue weighted by Crippen LogP contribution is -2.31. The Morgan fingerprint density at radius 1 is 0.429 bits per heavy atom. The first-order chi connectivity index (χ1) is 20.6. The quantitative estimate of drug-likeness (QED) is 0.198. The zero-order valence-electron chi connectivity index (χ0n) is 24.3. The fourth-order valence-electron chi connectivity index (χ4n) is 5.96. The minimum atomic E-state index is -0.0740. The zero-order valence-corrected chi connectivity index (χ0v) is 24.3. The van der Waals surface area contributed by atoms with E-state index in [-0.39, 0.29) is 11.8 Å². The highest BCUT2D eigenvalue weighted by atomic mass is 16.2. The molecule has 2 aliphatic rings. The van der Waals surface area contributed by atoms with E-state index in [1.165, 1.54) is 0 Å². The van der Waals surface area contributed by atoms with E-state index >= 15 is 0 Å². The minimum Gasteiger partial charge on any atom is -0.307 e. The summed E-state index contributed by atoms with van der Waals surface area (Å²) in [5, 5.41) is 0. The molecule has 4 aromatic carbocycles. The van der Waals surface area contributed by atoms with Gasteiger partial charge in [0.2, 0.25) is 0 Å². The summed E-state index contributed by atoms with van der Waals surface area (Å²) in [6, 6.07) is 37.0. The van der Waals surface area contributed by atoms with E-state index < -0.39 is 0 Å². The van der Waals surface area contributed by atoms with Crippen LogP contribution in [0.2, 0.25) is 0 Å². The van der Waals surface area contributed by atoms with Crippen molar-refractivity contribution in [3.63, 3.8) is 0 Å². The van der Waals surface area contributed by atoms with Crippen LogP contribution in [0.25, 0.3) is 33.6 Å². The Morgan fingerprint density at radius 3 is 1.07 bits per heavy atom. The van der Waals surface area contributed by atoms with E-state index in [9.17, 15) is 9.59 Å². The van der Waals surface area contributed by atoms with Crippen LogP contribution in [0, 0.1) is 0 Å². The highest BCUT2D eigenvalue weighted by Gasteiger charge is 2.48. The maximum absolute atomic E-state index is 14.2. The van der Waals surface area contributed by atoms with Gasteiger partial charge in [0.25, 0.3) is 11.8 Å². The molecule has 0 fully saturated rings. The van der Waals surface area contributed by atoms with E-state index in [2.05, 4.69) is 86.6 Å². The van der Waals surface area contributed by atoms with Gasteiger partial charge < -0.3 is 9.80 Å². The molecule has 42 heavy (non-hydrogen) atoms. The highest BCUT2D eigenvalue weighted by Crippen LogP contribution is 2.47. The minimum absolute atomic E-state index is 0.0740. The summed E-state index contributed by atoms with van der Waals surface area (Å²) in [5.74, 6) is -0.148. The van der Waals surface area contributed by atoms with Crippen LogP contribution in [0.3, 0.4) is 0 Å². The summed E-state index contributed by atoms with van der Waals surface area (Å²) < 4.78 is 0. The second-order valence-electron chi connectivity index (χ2n) is 11.0. The third kappa shape index (κ3) is 4.98. The molecule has 2 amide bonds. The van der Waals surface area contributed by atoms with Gasteiger partial charge in [-0.05, 0) is 46.2 Å². The molecule has 0 saturated carbocycles. The first-order valence-corrected chi connectivity index (χ1v) is 15.1. The molecule has 0 bridgehead atoms. The molecule has 2 heterocycles. The lowest BCUT2D eigenvalue weighted by atomic mass is 9.98. The summed E-state index contributed by atoms with van der Waals surface area (Å²) in [4.78, 5) is 32.2. The number of benzene rings is 4. The van der Waals surface area contributed by atoms with Crippen LogP contribution in [0.4, 0.5) is 0 Å². The average molecular weight is 553 g/mol. The monoisotopic (exact) mass is 552 g/mol. The third-order valence-electron chi connectivity index (χ3n) is 8.18. The molecule has 4 nitrogen and oxygen atoms in total. The van der Waals surface area contributed by atoms with Gasteiger partial charge in [-0.2, -0.15) is 0 Å². The molecular weight excluding hydrogens is 516 g/mol. The van der Waals surface area contributed by atoms with Crippen LogP contribution in [0.15, 0.2) is 120 Å². The lowest BCUT2D eigenvalue weighted by Gasteiger charge is -2.25. The van der Waals surface area contributed by atoms with Crippen LogP contribution in [-0.4, -0.2) is 34.7 Å². The first-order valence-electron chi connectivity index (χ1n) is 15.1. The van der Waals surface area contributed by atoms with Crippen LogP contribution < -0.4 is 0 Å². The highest BCUT2D eigenvalue weighted by molar-refractivity contribution is 6.30. The van der Waals surface area contributed by atoms with Gasteiger partial charge in [-0.3, -0.25) is 9.59 Å². The van der Waals surface area contributed by atoms with Gasteiger partial charge in [-0.1, -0.05) is 136 Å². The molecule has 2 aliphatic heterocycles. The van der Waals surface area contributed by atoms with Crippen molar-refractivity contribution in [1.82, 2.24) is 9.80 Å². The number of fused-ring (bicyclic) bond motifs is 1. The number of rotatable bonds is 10. The van der Waals surface area contributed by atoms with Gasteiger partial charge in [0.15, 0.2) is 0 Å². The van der Waals surface area contributed by atoms with Crippen LogP contribution >= 0.6 is 0 Å². The summed E-state index contributed by atoms with van der Waals surface area (Å²) in [5.41, 5.74) is 8.84. The number of carbonyl (C=O) groups is 2. The molecule has 0 unspecified atom stereocenters. The normalized spacial score (nSPS) is 14.8. The number of nitrogens with zero attached hydrogens (tertiary/aromatic N) is 2. The summed E-state index contributed by atoms with van der Waals surface area (Å²) in [6.07, 6.45) is 3.66. The number of amides is 2. The molecule has 0 saturated heterocycles. The van der Waals surface area contributed by atoms with Crippen molar-refractivity contribution in [2.75, 3.05) is 13.1 Å². The van der Waals surface area contributed by atoms with Gasteiger partial charge in [-0.25, -0.2) is 0 Å². The van der Waals surface area contributed by atoms with E-state index in [1.54, 1.807) is 0 Å². The predicted octanol–water partition coefficient (Wildman–Crippen LogP) is 8.43. The molecule has 6 rings (SSSR count). The van der Waals surface area contributed by atoms with Gasteiger partial charge in [0.1, 0.15) is 0 Å². The van der Waals surface area contributed by atoms with Crippen molar-refractivity contribution in [2.45, 2.75) is 39.5 Å².